The molecule has 0 saturated carbocycles. The van der Waals surface area contributed by atoms with Gasteiger partial charge in [0.05, 0.1) is 0 Å². The Morgan fingerprint density at radius 2 is 0.500 bits per heavy atom. The molecule has 0 N–H and O–H groups in total. The zero-order valence-electron chi connectivity index (χ0n) is 1.54. The van der Waals surface area contributed by atoms with Gasteiger partial charge < -0.3 is 71.9 Å². The molecule has 0 saturated heterocycles. The molecule has 0 nitrogen and oxygen atoms in total. The third-order valence-electron chi connectivity index (χ3n) is 0. The van der Waals surface area contributed by atoms with E-state index in [9.17, 15) is 0 Å². The molecule has 0 aliphatic rings. The molecule has 0 unspecified atom stereocenters. The second kappa shape index (κ2) is 17.2. The van der Waals surface area contributed by atoms with Crippen LogP contribution in [0.15, 0.2) is 0 Å². The Morgan fingerprint density at radius 3 is 0.500 bits per heavy atom. The van der Waals surface area contributed by atoms with E-state index in [1.165, 1.54) is 0 Å². The van der Waals surface area contributed by atoms with Crippen molar-refractivity contribution < 1.29 is 89.3 Å². The molecule has 0 bridgehead atoms. The Hall–Kier alpha value is 2.72. The maximum atomic E-state index is 0. The van der Waals surface area contributed by atoms with Gasteiger partial charge in [-0.05, 0) is 0 Å². The van der Waals surface area contributed by atoms with Gasteiger partial charge in [0.15, 0.2) is 0 Å². The third kappa shape index (κ3) is 8.83. The van der Waals surface area contributed by atoms with E-state index in [-0.39, 0.29) is 89.3 Å². The van der Waals surface area contributed by atoms with Crippen LogP contribution >= 0.6 is 0 Å². The van der Waals surface area contributed by atoms with Crippen molar-refractivity contribution in [3.8, 4) is 0 Å². The molecule has 0 atom stereocenters. The van der Waals surface area contributed by atoms with Gasteiger partial charge in [-0.3, -0.25) is 0 Å². The topological polar surface area (TPSA) is 0 Å². The molecule has 4 heteroatoms. The van der Waals surface area contributed by atoms with Gasteiger partial charge in [0.25, 0.3) is 0 Å². The second-order valence-electron chi connectivity index (χ2n) is 0. The Morgan fingerprint density at radius 1 is 0.500 bits per heavy atom. The first-order valence-corrected chi connectivity index (χ1v) is 0. The van der Waals surface area contributed by atoms with Gasteiger partial charge in [-0.15, -0.1) is 0 Å². The van der Waals surface area contributed by atoms with Crippen molar-refractivity contribution in [2.75, 3.05) is 0 Å². The van der Waals surface area contributed by atoms with Crippen molar-refractivity contribution in [1.82, 2.24) is 0 Å². The molecule has 0 heterocycles. The molecule has 0 spiro atoms. The molecule has 0 fully saturated rings. The van der Waals surface area contributed by atoms with Crippen molar-refractivity contribution in [2.45, 2.75) is 0 Å². The summed E-state index contributed by atoms with van der Waals surface area (Å²) in [5, 5.41) is 0. The zero-order valence-corrected chi connectivity index (χ0v) is 9.29. The summed E-state index contributed by atoms with van der Waals surface area (Å²) >= 11 is 0. The van der Waals surface area contributed by atoms with Crippen LogP contribution in [0.3, 0.4) is 0 Å². The monoisotopic (exact) mass is 433 g/mol. The molecular formula is CrI3. The van der Waals surface area contributed by atoms with Gasteiger partial charge in [-0.1, -0.05) is 0 Å². The van der Waals surface area contributed by atoms with Gasteiger partial charge in [0.1, 0.15) is 0 Å². The fraction of sp³-hybridized carbons (Fsp3) is 0. The van der Waals surface area contributed by atoms with Crippen LogP contribution in [0.1, 0.15) is 0 Å². The van der Waals surface area contributed by atoms with Crippen LogP contribution in [0.5, 0.6) is 0 Å². The number of halogens is 3. The second-order valence-corrected chi connectivity index (χ2v) is 0. The van der Waals surface area contributed by atoms with E-state index < -0.39 is 0 Å². The Bertz CT molecular complexity index is 3.25. The van der Waals surface area contributed by atoms with Crippen LogP contribution in [-0.2, 0) is 17.4 Å². The largest absolute Gasteiger partial charge is 3.00 e. The smallest absolute Gasteiger partial charge is 1.00 e. The van der Waals surface area contributed by atoms with Crippen LogP contribution in [-0.4, -0.2) is 0 Å². The van der Waals surface area contributed by atoms with E-state index >= 15 is 0 Å². The average Bonchev–Trinajstić information content (AvgIpc) is 0. The van der Waals surface area contributed by atoms with Crippen LogP contribution in [0.25, 0.3) is 0 Å². The Kier molecular flexibility index (Phi) is 128. The van der Waals surface area contributed by atoms with Gasteiger partial charge >= 0.3 is 17.4 Å². The van der Waals surface area contributed by atoms with E-state index in [4.69, 9.17) is 0 Å². The molecule has 0 aromatic rings. The molecule has 4 heavy (non-hydrogen) atoms. The molecule has 27 valence electrons. The predicted molar refractivity (Wildman–Crippen MR) is 0 cm³/mol. The fourth-order valence-electron chi connectivity index (χ4n) is 0. The van der Waals surface area contributed by atoms with Gasteiger partial charge in [0, 0.05) is 0 Å². The number of rotatable bonds is 0. The van der Waals surface area contributed by atoms with Crippen LogP contribution < -0.4 is 71.9 Å². The SMILES string of the molecule is [Cr+3].[I-].[I-].[I-]. The first-order valence-electron chi connectivity index (χ1n) is 0. The van der Waals surface area contributed by atoms with Crippen molar-refractivity contribution in [3.63, 3.8) is 0 Å². The summed E-state index contributed by atoms with van der Waals surface area (Å²) in [5.74, 6) is 0. The number of hydrogen-bond donors (Lipinski definition) is 0. The summed E-state index contributed by atoms with van der Waals surface area (Å²) in [7, 11) is 0. The maximum Gasteiger partial charge on any atom is 3.00 e. The van der Waals surface area contributed by atoms with Crippen molar-refractivity contribution in [1.29, 1.82) is 0 Å². The van der Waals surface area contributed by atoms with Crippen LogP contribution in [0.2, 0.25) is 0 Å². The van der Waals surface area contributed by atoms with E-state index in [0.29, 0.717) is 0 Å². The molecule has 1 radical (unpaired) electrons. The minimum Gasteiger partial charge on any atom is -1.00 e. The van der Waals surface area contributed by atoms with E-state index in [2.05, 4.69) is 0 Å². The molecular weight excluding hydrogens is 433 g/mol. The van der Waals surface area contributed by atoms with Gasteiger partial charge in [0.2, 0.25) is 0 Å². The van der Waals surface area contributed by atoms with Crippen LogP contribution in [0.4, 0.5) is 0 Å². The molecule has 0 rings (SSSR count). The van der Waals surface area contributed by atoms with E-state index in [1.807, 2.05) is 0 Å². The molecule has 0 aliphatic heterocycles. The molecule has 0 aromatic carbocycles. The summed E-state index contributed by atoms with van der Waals surface area (Å²) in [6.45, 7) is 0. The van der Waals surface area contributed by atoms with Crippen molar-refractivity contribution in [2.24, 2.45) is 0 Å². The standard InChI is InChI=1S/Cr.3HI/h;3*1H/q+3;;;/p-3. The van der Waals surface area contributed by atoms with Crippen molar-refractivity contribution in [3.05, 3.63) is 0 Å². The van der Waals surface area contributed by atoms with Crippen LogP contribution in [0, 0.1) is 0 Å². The predicted octanol–water partition coefficient (Wildman–Crippen LogP) is -8.99. The third-order valence-corrected chi connectivity index (χ3v) is 0. The summed E-state index contributed by atoms with van der Waals surface area (Å²) in [6.07, 6.45) is 0. The minimum atomic E-state index is 0. The Balaban J connectivity index is 0. The summed E-state index contributed by atoms with van der Waals surface area (Å²) in [4.78, 5) is 0. The normalized spacial score (nSPS) is 0. The van der Waals surface area contributed by atoms with Gasteiger partial charge in [-0.25, -0.2) is 0 Å². The molecule has 0 aliphatic carbocycles. The molecule has 0 aromatic heterocycles. The van der Waals surface area contributed by atoms with Crippen molar-refractivity contribution >= 4 is 0 Å². The number of hydrogen-bond acceptors (Lipinski definition) is 0. The average molecular weight is 433 g/mol. The quantitative estimate of drug-likeness (QED) is 0.334. The first kappa shape index (κ1) is 29.7. The minimum absolute atomic E-state index is 0. The Labute approximate surface area is 87.7 Å². The molecule has 0 amide bonds. The van der Waals surface area contributed by atoms with E-state index in [1.54, 1.807) is 0 Å². The fourth-order valence-corrected chi connectivity index (χ4v) is 0. The van der Waals surface area contributed by atoms with Gasteiger partial charge in [-0.2, -0.15) is 0 Å². The van der Waals surface area contributed by atoms with E-state index in [0.717, 1.165) is 0 Å². The summed E-state index contributed by atoms with van der Waals surface area (Å²) < 4.78 is 0. The summed E-state index contributed by atoms with van der Waals surface area (Å²) in [6, 6.07) is 0. The first-order chi connectivity index (χ1) is 0. The maximum absolute atomic E-state index is 0. The zero-order chi connectivity index (χ0) is 0. The summed E-state index contributed by atoms with van der Waals surface area (Å²) in [5.41, 5.74) is 0.